The standard InChI is InChI=1S/C5H8N2O2/c8-5(9)4-3-6-1-2-7-4/h1,4,7H,2-3H2,(H,8,9). The van der Waals surface area contributed by atoms with Crippen LogP contribution in [0.1, 0.15) is 0 Å². The number of rotatable bonds is 1. The molecule has 4 heteroatoms. The highest BCUT2D eigenvalue weighted by Crippen LogP contribution is 1.88. The van der Waals surface area contributed by atoms with Crippen LogP contribution in [0, 0.1) is 0 Å². The Bertz CT molecular complexity index is 144. The predicted molar refractivity (Wildman–Crippen MR) is 32.8 cm³/mol. The zero-order valence-electron chi connectivity index (χ0n) is 4.87. The second-order valence-electron chi connectivity index (χ2n) is 1.85. The van der Waals surface area contributed by atoms with Crippen LogP contribution in [0.4, 0.5) is 0 Å². The first kappa shape index (κ1) is 6.22. The lowest BCUT2D eigenvalue weighted by molar-refractivity contribution is -0.139. The monoisotopic (exact) mass is 128 g/mol. The first-order valence-corrected chi connectivity index (χ1v) is 2.75. The molecule has 2 N–H and O–H groups in total. The van der Waals surface area contributed by atoms with Gasteiger partial charge in [0, 0.05) is 12.8 Å². The fourth-order valence-corrected chi connectivity index (χ4v) is 0.669. The van der Waals surface area contributed by atoms with Crippen LogP contribution < -0.4 is 5.32 Å². The summed E-state index contributed by atoms with van der Waals surface area (Å²) >= 11 is 0. The largest absolute Gasteiger partial charge is 0.480 e. The van der Waals surface area contributed by atoms with E-state index in [0.29, 0.717) is 13.1 Å². The minimum absolute atomic E-state index is 0.356. The van der Waals surface area contributed by atoms with Crippen LogP contribution >= 0.6 is 0 Å². The van der Waals surface area contributed by atoms with Gasteiger partial charge in [0.05, 0.1) is 6.54 Å². The average molecular weight is 128 g/mol. The molecule has 1 unspecified atom stereocenters. The van der Waals surface area contributed by atoms with E-state index in [0.717, 1.165) is 0 Å². The van der Waals surface area contributed by atoms with Crippen LogP contribution in [0.5, 0.6) is 0 Å². The van der Waals surface area contributed by atoms with Gasteiger partial charge in [0.25, 0.3) is 0 Å². The number of carbonyl (C=O) groups is 1. The molecule has 4 nitrogen and oxygen atoms in total. The lowest BCUT2D eigenvalue weighted by Gasteiger charge is -2.13. The van der Waals surface area contributed by atoms with Crippen molar-refractivity contribution in [3.05, 3.63) is 0 Å². The van der Waals surface area contributed by atoms with Crippen molar-refractivity contribution in [1.82, 2.24) is 5.32 Å². The Kier molecular flexibility index (Phi) is 1.79. The second kappa shape index (κ2) is 2.59. The van der Waals surface area contributed by atoms with Crippen LogP contribution in [0.15, 0.2) is 4.99 Å². The molecule has 0 fully saturated rings. The number of carboxylic acid groups (broad SMARTS) is 1. The van der Waals surface area contributed by atoms with Crippen molar-refractivity contribution in [3.8, 4) is 0 Å². The Morgan fingerprint density at radius 1 is 1.89 bits per heavy atom. The molecular weight excluding hydrogens is 120 g/mol. The number of hydrogen-bond acceptors (Lipinski definition) is 3. The number of hydrogen-bond donors (Lipinski definition) is 2. The van der Waals surface area contributed by atoms with E-state index >= 15 is 0 Å². The molecule has 1 atom stereocenters. The summed E-state index contributed by atoms with van der Waals surface area (Å²) in [5.74, 6) is -0.827. The van der Waals surface area contributed by atoms with Crippen LogP contribution in [0.2, 0.25) is 0 Å². The van der Waals surface area contributed by atoms with E-state index in [1.54, 1.807) is 6.21 Å². The molecule has 0 aromatic heterocycles. The van der Waals surface area contributed by atoms with E-state index in [9.17, 15) is 4.79 Å². The Labute approximate surface area is 52.6 Å². The SMILES string of the molecule is O=C(O)C1CN=CCN1. The van der Waals surface area contributed by atoms with Crippen molar-refractivity contribution in [2.45, 2.75) is 6.04 Å². The van der Waals surface area contributed by atoms with Crippen molar-refractivity contribution < 1.29 is 9.90 Å². The molecule has 0 aromatic rings. The fraction of sp³-hybridized carbons (Fsp3) is 0.600. The van der Waals surface area contributed by atoms with Crippen molar-refractivity contribution in [1.29, 1.82) is 0 Å². The highest BCUT2D eigenvalue weighted by atomic mass is 16.4. The number of carboxylic acids is 1. The number of nitrogens with one attached hydrogen (secondary N) is 1. The van der Waals surface area contributed by atoms with Gasteiger partial charge in [0.15, 0.2) is 0 Å². The molecule has 1 heterocycles. The molecule has 1 rings (SSSR count). The topological polar surface area (TPSA) is 61.7 Å². The number of aliphatic carboxylic acids is 1. The Hall–Kier alpha value is -0.900. The van der Waals surface area contributed by atoms with E-state index in [-0.39, 0.29) is 0 Å². The van der Waals surface area contributed by atoms with Gasteiger partial charge >= 0.3 is 5.97 Å². The summed E-state index contributed by atoms with van der Waals surface area (Å²) in [5.41, 5.74) is 0. The molecule has 0 saturated heterocycles. The number of nitrogens with zero attached hydrogens (tertiary/aromatic N) is 1. The van der Waals surface area contributed by atoms with Gasteiger partial charge in [-0.25, -0.2) is 0 Å². The fourth-order valence-electron chi connectivity index (χ4n) is 0.669. The number of aliphatic imine (C=N–C) groups is 1. The summed E-state index contributed by atoms with van der Waals surface area (Å²) in [6.07, 6.45) is 1.68. The predicted octanol–water partition coefficient (Wildman–Crippen LogP) is -0.886. The minimum atomic E-state index is -0.827. The van der Waals surface area contributed by atoms with E-state index in [2.05, 4.69) is 10.3 Å². The first-order chi connectivity index (χ1) is 4.30. The normalized spacial score (nSPS) is 26.0. The summed E-state index contributed by atoms with van der Waals surface area (Å²) in [6.45, 7) is 0.923. The minimum Gasteiger partial charge on any atom is -0.480 e. The Morgan fingerprint density at radius 3 is 3.00 bits per heavy atom. The highest BCUT2D eigenvalue weighted by Gasteiger charge is 2.16. The Balaban J connectivity index is 2.44. The molecule has 1 aliphatic rings. The maximum Gasteiger partial charge on any atom is 0.322 e. The van der Waals surface area contributed by atoms with Gasteiger partial charge in [-0.3, -0.25) is 15.1 Å². The van der Waals surface area contributed by atoms with Gasteiger partial charge in [-0.2, -0.15) is 0 Å². The lowest BCUT2D eigenvalue weighted by Crippen LogP contribution is -2.42. The van der Waals surface area contributed by atoms with E-state index < -0.39 is 12.0 Å². The first-order valence-electron chi connectivity index (χ1n) is 2.75. The second-order valence-corrected chi connectivity index (χ2v) is 1.85. The lowest BCUT2D eigenvalue weighted by atomic mass is 10.3. The van der Waals surface area contributed by atoms with Crippen LogP contribution in [-0.2, 0) is 4.79 Å². The van der Waals surface area contributed by atoms with Crippen LogP contribution in [0.3, 0.4) is 0 Å². The molecule has 0 aromatic carbocycles. The maximum atomic E-state index is 10.2. The van der Waals surface area contributed by atoms with E-state index in [4.69, 9.17) is 5.11 Å². The molecule has 0 aliphatic carbocycles. The summed E-state index contributed by atoms with van der Waals surface area (Å²) in [4.78, 5) is 14.0. The van der Waals surface area contributed by atoms with Crippen LogP contribution in [-0.4, -0.2) is 36.4 Å². The molecule has 9 heavy (non-hydrogen) atoms. The zero-order chi connectivity index (χ0) is 6.69. The molecule has 0 bridgehead atoms. The van der Waals surface area contributed by atoms with Crippen molar-refractivity contribution in [2.24, 2.45) is 4.99 Å². The quantitative estimate of drug-likeness (QED) is 0.481. The van der Waals surface area contributed by atoms with Crippen molar-refractivity contribution in [2.75, 3.05) is 13.1 Å². The van der Waals surface area contributed by atoms with Gasteiger partial charge in [0.2, 0.25) is 0 Å². The molecule has 0 spiro atoms. The van der Waals surface area contributed by atoms with Gasteiger partial charge in [0.1, 0.15) is 6.04 Å². The van der Waals surface area contributed by atoms with Crippen LogP contribution in [0.25, 0.3) is 0 Å². The molecule has 0 saturated carbocycles. The molecule has 50 valence electrons. The smallest absolute Gasteiger partial charge is 0.322 e. The molecular formula is C5H8N2O2. The third-order valence-corrected chi connectivity index (χ3v) is 1.17. The van der Waals surface area contributed by atoms with Gasteiger partial charge in [-0.15, -0.1) is 0 Å². The molecule has 0 amide bonds. The third-order valence-electron chi connectivity index (χ3n) is 1.17. The van der Waals surface area contributed by atoms with Crippen molar-refractivity contribution >= 4 is 12.2 Å². The molecule has 1 aliphatic heterocycles. The van der Waals surface area contributed by atoms with E-state index in [1.807, 2.05) is 0 Å². The van der Waals surface area contributed by atoms with Gasteiger partial charge in [-0.05, 0) is 0 Å². The van der Waals surface area contributed by atoms with E-state index in [1.165, 1.54) is 0 Å². The zero-order valence-corrected chi connectivity index (χ0v) is 4.87. The summed E-state index contributed by atoms with van der Waals surface area (Å²) < 4.78 is 0. The van der Waals surface area contributed by atoms with Crippen molar-refractivity contribution in [3.63, 3.8) is 0 Å². The van der Waals surface area contributed by atoms with Gasteiger partial charge in [-0.1, -0.05) is 0 Å². The summed E-state index contributed by atoms with van der Waals surface area (Å²) in [6, 6.07) is -0.477. The summed E-state index contributed by atoms with van der Waals surface area (Å²) in [7, 11) is 0. The maximum absolute atomic E-state index is 10.2. The average Bonchev–Trinajstić information content (AvgIpc) is 1.90. The molecule has 0 radical (unpaired) electrons. The summed E-state index contributed by atoms with van der Waals surface area (Å²) in [5, 5.41) is 11.2. The third kappa shape index (κ3) is 1.50. The van der Waals surface area contributed by atoms with Gasteiger partial charge < -0.3 is 5.11 Å². The highest BCUT2D eigenvalue weighted by molar-refractivity contribution is 5.76. The Morgan fingerprint density at radius 2 is 2.67 bits per heavy atom.